The Balaban J connectivity index is 2.26. The summed E-state index contributed by atoms with van der Waals surface area (Å²) in [6.07, 6.45) is -1.12. The van der Waals surface area contributed by atoms with Gasteiger partial charge in [-0.05, 0) is 44.0 Å². The third-order valence-corrected chi connectivity index (χ3v) is 4.23. The summed E-state index contributed by atoms with van der Waals surface area (Å²) in [4.78, 5) is 46.9. The van der Waals surface area contributed by atoms with E-state index in [2.05, 4.69) is 4.74 Å². The molecule has 2 rings (SSSR count). The van der Waals surface area contributed by atoms with E-state index in [4.69, 9.17) is 4.74 Å². The van der Waals surface area contributed by atoms with E-state index in [9.17, 15) is 24.5 Å². The van der Waals surface area contributed by atoms with Crippen LogP contribution in [-0.2, 0) is 9.47 Å². The molecule has 0 aliphatic carbocycles. The average molecular weight is 385 g/mol. The Kier molecular flexibility index (Phi) is 6.25. The van der Waals surface area contributed by atoms with Gasteiger partial charge in [0.1, 0.15) is 0 Å². The molecule has 0 radical (unpaired) electrons. The number of nitrogens with zero attached hydrogens (tertiary/aromatic N) is 1. The van der Waals surface area contributed by atoms with Gasteiger partial charge in [0.2, 0.25) is 5.78 Å². The van der Waals surface area contributed by atoms with E-state index in [1.165, 1.54) is 6.92 Å². The van der Waals surface area contributed by atoms with E-state index < -0.39 is 34.4 Å². The predicted molar refractivity (Wildman–Crippen MR) is 99.6 cm³/mol. The van der Waals surface area contributed by atoms with E-state index in [-0.39, 0.29) is 11.1 Å². The van der Waals surface area contributed by atoms with Crippen LogP contribution in [0.3, 0.4) is 0 Å². The molecule has 0 spiro atoms. The fraction of sp³-hybridized carbons (Fsp3) is 0.250. The molecule has 0 aliphatic rings. The molecule has 8 nitrogen and oxygen atoms in total. The van der Waals surface area contributed by atoms with Crippen LogP contribution >= 0.6 is 0 Å². The molecule has 8 heteroatoms. The molecule has 0 saturated carbocycles. The van der Waals surface area contributed by atoms with Crippen LogP contribution < -0.4 is 0 Å². The van der Waals surface area contributed by atoms with Crippen molar-refractivity contribution in [2.24, 2.45) is 0 Å². The maximum absolute atomic E-state index is 12.5. The van der Waals surface area contributed by atoms with Crippen LogP contribution in [0.15, 0.2) is 36.4 Å². The molecule has 0 saturated heterocycles. The van der Waals surface area contributed by atoms with Crippen LogP contribution in [0.25, 0.3) is 0 Å². The van der Waals surface area contributed by atoms with Crippen LogP contribution in [0.4, 0.5) is 5.69 Å². The van der Waals surface area contributed by atoms with Crippen molar-refractivity contribution in [1.29, 1.82) is 0 Å². The van der Waals surface area contributed by atoms with E-state index in [0.29, 0.717) is 5.56 Å². The highest BCUT2D eigenvalue weighted by atomic mass is 16.6. The van der Waals surface area contributed by atoms with Crippen molar-refractivity contribution in [1.82, 2.24) is 0 Å². The van der Waals surface area contributed by atoms with Crippen molar-refractivity contribution in [3.05, 3.63) is 74.3 Å². The lowest BCUT2D eigenvalue weighted by Crippen LogP contribution is -2.24. The molecular weight excluding hydrogens is 366 g/mol. The SMILES string of the molecule is COC(=O)c1cc(C(=O)O[C@H](C)C(=O)c2ccc(C)c(C)c2)cc([N+](=O)[O-])c1. The van der Waals surface area contributed by atoms with E-state index in [0.717, 1.165) is 36.4 Å². The Hall–Kier alpha value is -3.55. The summed E-state index contributed by atoms with van der Waals surface area (Å²) in [6, 6.07) is 8.21. The van der Waals surface area contributed by atoms with Crippen molar-refractivity contribution >= 4 is 23.4 Å². The number of methoxy groups -OCH3 is 1. The Morgan fingerprint density at radius 3 is 2.07 bits per heavy atom. The maximum atomic E-state index is 12.5. The zero-order valence-electron chi connectivity index (χ0n) is 15.8. The number of hydrogen-bond donors (Lipinski definition) is 0. The molecule has 0 N–H and O–H groups in total. The fourth-order valence-electron chi connectivity index (χ4n) is 2.48. The van der Waals surface area contributed by atoms with Gasteiger partial charge in [0, 0.05) is 17.7 Å². The summed E-state index contributed by atoms with van der Waals surface area (Å²) >= 11 is 0. The summed E-state index contributed by atoms with van der Waals surface area (Å²) in [6.45, 7) is 5.18. The van der Waals surface area contributed by atoms with Crippen LogP contribution in [-0.4, -0.2) is 35.9 Å². The first kappa shape index (κ1) is 20.8. The lowest BCUT2D eigenvalue weighted by molar-refractivity contribution is -0.384. The van der Waals surface area contributed by atoms with Crippen LogP contribution in [0.5, 0.6) is 0 Å². The second-order valence-electron chi connectivity index (χ2n) is 6.23. The number of benzene rings is 2. The van der Waals surface area contributed by atoms with Crippen molar-refractivity contribution in [2.75, 3.05) is 7.11 Å². The Morgan fingerprint density at radius 1 is 0.929 bits per heavy atom. The zero-order chi connectivity index (χ0) is 21.0. The molecule has 2 aromatic rings. The largest absolute Gasteiger partial charge is 0.465 e. The van der Waals surface area contributed by atoms with Gasteiger partial charge in [-0.3, -0.25) is 14.9 Å². The van der Waals surface area contributed by atoms with Gasteiger partial charge in [-0.1, -0.05) is 12.1 Å². The average Bonchev–Trinajstić information content (AvgIpc) is 2.68. The molecule has 28 heavy (non-hydrogen) atoms. The number of carbonyl (C=O) groups is 3. The number of ketones is 1. The highest BCUT2D eigenvalue weighted by Crippen LogP contribution is 2.20. The van der Waals surface area contributed by atoms with Crippen LogP contribution in [0.2, 0.25) is 0 Å². The molecule has 1 atom stereocenters. The monoisotopic (exact) mass is 385 g/mol. The molecule has 146 valence electrons. The number of non-ortho nitro benzene ring substituents is 1. The molecule has 0 amide bonds. The number of nitro benzene ring substituents is 1. The van der Waals surface area contributed by atoms with Gasteiger partial charge in [-0.2, -0.15) is 0 Å². The van der Waals surface area contributed by atoms with Crippen LogP contribution in [0, 0.1) is 24.0 Å². The lowest BCUT2D eigenvalue weighted by atomic mass is 10.0. The van der Waals surface area contributed by atoms with E-state index >= 15 is 0 Å². The molecule has 0 bridgehead atoms. The summed E-state index contributed by atoms with van der Waals surface area (Å²) in [5, 5.41) is 11.1. The minimum Gasteiger partial charge on any atom is -0.465 e. The highest BCUT2D eigenvalue weighted by molar-refractivity contribution is 6.02. The molecule has 0 aromatic heterocycles. The van der Waals surface area contributed by atoms with E-state index in [1.807, 2.05) is 13.8 Å². The second kappa shape index (κ2) is 8.43. The number of aryl methyl sites for hydroxylation is 2. The normalized spacial score (nSPS) is 11.4. The Morgan fingerprint density at radius 2 is 1.54 bits per heavy atom. The summed E-state index contributed by atoms with van der Waals surface area (Å²) in [5.74, 6) is -2.20. The topological polar surface area (TPSA) is 113 Å². The van der Waals surface area contributed by atoms with Crippen molar-refractivity contribution in [3.63, 3.8) is 0 Å². The van der Waals surface area contributed by atoms with Gasteiger partial charge < -0.3 is 9.47 Å². The van der Waals surface area contributed by atoms with E-state index in [1.54, 1.807) is 18.2 Å². The number of carbonyl (C=O) groups excluding carboxylic acids is 3. The minimum absolute atomic E-state index is 0.170. The van der Waals surface area contributed by atoms with Gasteiger partial charge in [-0.15, -0.1) is 0 Å². The number of esters is 2. The molecule has 0 unspecified atom stereocenters. The third-order valence-electron chi connectivity index (χ3n) is 4.23. The van der Waals surface area contributed by atoms with Crippen molar-refractivity contribution in [3.8, 4) is 0 Å². The highest BCUT2D eigenvalue weighted by Gasteiger charge is 2.24. The number of nitro groups is 1. The Bertz CT molecular complexity index is 965. The molecule has 0 aliphatic heterocycles. The summed E-state index contributed by atoms with van der Waals surface area (Å²) in [7, 11) is 1.11. The molecule has 0 heterocycles. The molecule has 0 fully saturated rings. The third kappa shape index (κ3) is 4.59. The first-order valence-corrected chi connectivity index (χ1v) is 8.34. The van der Waals surface area contributed by atoms with Gasteiger partial charge >= 0.3 is 11.9 Å². The summed E-state index contributed by atoms with van der Waals surface area (Å²) in [5.41, 5.74) is 1.46. The minimum atomic E-state index is -1.12. The lowest BCUT2D eigenvalue weighted by Gasteiger charge is -2.13. The maximum Gasteiger partial charge on any atom is 0.339 e. The molecular formula is C20H19NO7. The first-order valence-electron chi connectivity index (χ1n) is 8.34. The number of hydrogen-bond acceptors (Lipinski definition) is 7. The first-order chi connectivity index (χ1) is 13.1. The number of ether oxygens (including phenoxy) is 2. The summed E-state index contributed by atoms with van der Waals surface area (Å²) < 4.78 is 9.70. The van der Waals surface area contributed by atoms with Gasteiger partial charge in [0.05, 0.1) is 23.2 Å². The Labute approximate surface area is 161 Å². The van der Waals surface area contributed by atoms with Gasteiger partial charge in [-0.25, -0.2) is 9.59 Å². The zero-order valence-corrected chi connectivity index (χ0v) is 15.8. The van der Waals surface area contributed by atoms with Crippen LogP contribution in [0.1, 0.15) is 49.1 Å². The van der Waals surface area contributed by atoms with Crippen molar-refractivity contribution in [2.45, 2.75) is 26.9 Å². The smallest absolute Gasteiger partial charge is 0.339 e. The fourth-order valence-corrected chi connectivity index (χ4v) is 2.48. The standard InChI is InChI=1S/C20H19NO7/c1-11-5-6-14(7-12(11)2)18(22)13(3)28-20(24)16-8-15(19(23)27-4)9-17(10-16)21(25)26/h5-10,13H,1-4H3/t13-/m1/s1. The van der Waals surface area contributed by atoms with Gasteiger partial charge in [0.15, 0.2) is 6.10 Å². The van der Waals surface area contributed by atoms with Gasteiger partial charge in [0.25, 0.3) is 5.69 Å². The quantitative estimate of drug-likeness (QED) is 0.324. The number of Topliss-reactive ketones (excluding diaryl/α,β-unsaturated/α-hetero) is 1. The second-order valence-corrected chi connectivity index (χ2v) is 6.23. The molecule has 2 aromatic carbocycles. The predicted octanol–water partition coefficient (Wildman–Crippen LogP) is 3.43. The number of rotatable bonds is 6. The van der Waals surface area contributed by atoms with Crippen molar-refractivity contribution < 1.29 is 28.8 Å².